The number of anilines is 1. The average Bonchev–Trinajstić information content (AvgIpc) is 2.84. The van der Waals surface area contributed by atoms with Gasteiger partial charge in [-0.3, -0.25) is 4.68 Å². The molecule has 2 aromatic rings. The van der Waals surface area contributed by atoms with Crippen molar-refractivity contribution in [3.05, 3.63) is 42.2 Å². The minimum Gasteiger partial charge on any atom is -0.492 e. The van der Waals surface area contributed by atoms with Crippen LogP contribution in [-0.2, 0) is 13.6 Å². The third-order valence-electron chi connectivity index (χ3n) is 2.79. The van der Waals surface area contributed by atoms with E-state index >= 15 is 0 Å². The number of rotatable bonds is 5. The number of thiocarbonyl (C=S) groups is 1. The Bertz CT molecular complexity index is 582. The highest BCUT2D eigenvalue weighted by atomic mass is 32.1. The second kappa shape index (κ2) is 6.91. The standard InChI is InChI=1S/C14H18N4OS/c1-3-19-13-7-5-4-6-12(13)17-14(20)15-10-11-8-9-16-18(11)2/h4-9H,3,10H2,1-2H3,(H2,15,17,20). The average molecular weight is 290 g/mol. The van der Waals surface area contributed by atoms with Crippen LogP contribution in [0, 0.1) is 0 Å². The molecule has 0 amide bonds. The fourth-order valence-electron chi connectivity index (χ4n) is 1.76. The zero-order valence-electron chi connectivity index (χ0n) is 11.6. The van der Waals surface area contributed by atoms with Crippen molar-refractivity contribution < 1.29 is 4.74 Å². The second-order valence-corrected chi connectivity index (χ2v) is 4.59. The minimum absolute atomic E-state index is 0.554. The van der Waals surface area contributed by atoms with Gasteiger partial charge >= 0.3 is 0 Å². The summed E-state index contributed by atoms with van der Waals surface area (Å²) in [6.45, 7) is 3.20. The predicted octanol–water partition coefficient (Wildman–Crippen LogP) is 2.31. The van der Waals surface area contributed by atoms with Gasteiger partial charge in [0.25, 0.3) is 0 Å². The lowest BCUT2D eigenvalue weighted by molar-refractivity contribution is 0.342. The van der Waals surface area contributed by atoms with Gasteiger partial charge in [-0.1, -0.05) is 12.1 Å². The van der Waals surface area contributed by atoms with Crippen molar-refractivity contribution in [3.8, 4) is 5.75 Å². The van der Waals surface area contributed by atoms with E-state index in [-0.39, 0.29) is 0 Å². The minimum atomic E-state index is 0.554. The molecule has 2 rings (SSSR count). The molecule has 1 aromatic heterocycles. The fraction of sp³-hybridized carbons (Fsp3) is 0.286. The summed E-state index contributed by atoms with van der Waals surface area (Å²) < 4.78 is 7.35. The molecule has 0 saturated heterocycles. The second-order valence-electron chi connectivity index (χ2n) is 4.18. The molecule has 0 radical (unpaired) electrons. The first-order valence-electron chi connectivity index (χ1n) is 6.44. The monoisotopic (exact) mass is 290 g/mol. The molecule has 0 saturated carbocycles. The zero-order valence-corrected chi connectivity index (χ0v) is 12.4. The normalized spacial score (nSPS) is 10.1. The topological polar surface area (TPSA) is 51.1 Å². The lowest BCUT2D eigenvalue weighted by Gasteiger charge is -2.14. The Labute approximate surface area is 123 Å². The maximum Gasteiger partial charge on any atom is 0.171 e. The van der Waals surface area contributed by atoms with Crippen LogP contribution in [0.15, 0.2) is 36.5 Å². The summed E-state index contributed by atoms with van der Waals surface area (Å²) in [5.74, 6) is 0.791. The van der Waals surface area contributed by atoms with Crippen molar-refractivity contribution in [2.45, 2.75) is 13.5 Å². The Balaban J connectivity index is 1.93. The Kier molecular flexibility index (Phi) is 4.95. The van der Waals surface area contributed by atoms with E-state index in [1.807, 2.05) is 49.0 Å². The molecule has 2 N–H and O–H groups in total. The molecule has 20 heavy (non-hydrogen) atoms. The number of aryl methyl sites for hydroxylation is 1. The zero-order chi connectivity index (χ0) is 14.4. The Morgan fingerprint density at radius 1 is 1.35 bits per heavy atom. The summed E-state index contributed by atoms with van der Waals surface area (Å²) in [6.07, 6.45) is 1.76. The van der Waals surface area contributed by atoms with Gasteiger partial charge in [0.15, 0.2) is 5.11 Å². The van der Waals surface area contributed by atoms with Gasteiger partial charge in [-0.2, -0.15) is 5.10 Å². The van der Waals surface area contributed by atoms with Crippen molar-refractivity contribution >= 4 is 23.0 Å². The van der Waals surface area contributed by atoms with Crippen LogP contribution in [0.2, 0.25) is 0 Å². The highest BCUT2D eigenvalue weighted by Crippen LogP contribution is 2.23. The summed E-state index contributed by atoms with van der Waals surface area (Å²) >= 11 is 5.29. The van der Waals surface area contributed by atoms with Gasteiger partial charge in [0.1, 0.15) is 5.75 Å². The molecular formula is C14H18N4OS. The number of nitrogens with zero attached hydrogens (tertiary/aromatic N) is 2. The number of nitrogens with one attached hydrogen (secondary N) is 2. The first kappa shape index (κ1) is 14.3. The van der Waals surface area contributed by atoms with E-state index in [9.17, 15) is 0 Å². The number of hydrogen-bond acceptors (Lipinski definition) is 3. The molecule has 0 unspecified atom stereocenters. The molecule has 106 valence electrons. The van der Waals surface area contributed by atoms with E-state index in [4.69, 9.17) is 17.0 Å². The summed E-state index contributed by atoms with van der Waals surface area (Å²) in [5, 5.41) is 11.0. The Hall–Kier alpha value is -2.08. The molecule has 6 heteroatoms. The van der Waals surface area contributed by atoms with Crippen LogP contribution in [0.3, 0.4) is 0 Å². The van der Waals surface area contributed by atoms with Crippen LogP contribution in [0.5, 0.6) is 5.75 Å². The van der Waals surface area contributed by atoms with Crippen molar-refractivity contribution in [1.29, 1.82) is 0 Å². The Morgan fingerprint density at radius 3 is 2.85 bits per heavy atom. The van der Waals surface area contributed by atoms with Gasteiger partial charge < -0.3 is 15.4 Å². The summed E-state index contributed by atoms with van der Waals surface area (Å²) in [4.78, 5) is 0. The third kappa shape index (κ3) is 3.71. The molecular weight excluding hydrogens is 272 g/mol. The van der Waals surface area contributed by atoms with Crippen molar-refractivity contribution in [2.24, 2.45) is 7.05 Å². The maximum absolute atomic E-state index is 5.54. The Morgan fingerprint density at radius 2 is 2.15 bits per heavy atom. The number of aromatic nitrogens is 2. The van der Waals surface area contributed by atoms with Crippen LogP contribution in [0.25, 0.3) is 0 Å². The van der Waals surface area contributed by atoms with Gasteiger partial charge in [0.05, 0.1) is 24.5 Å². The number of benzene rings is 1. The van der Waals surface area contributed by atoms with Gasteiger partial charge in [-0.15, -0.1) is 0 Å². The number of para-hydroxylation sites is 2. The number of hydrogen-bond donors (Lipinski definition) is 2. The van der Waals surface area contributed by atoms with Gasteiger partial charge in [0.2, 0.25) is 0 Å². The molecule has 0 aliphatic heterocycles. The van der Waals surface area contributed by atoms with Gasteiger partial charge in [-0.25, -0.2) is 0 Å². The molecule has 1 aromatic carbocycles. The molecule has 0 spiro atoms. The van der Waals surface area contributed by atoms with E-state index in [2.05, 4.69) is 15.7 Å². The van der Waals surface area contributed by atoms with Crippen LogP contribution in [-0.4, -0.2) is 21.5 Å². The first-order valence-corrected chi connectivity index (χ1v) is 6.85. The van der Waals surface area contributed by atoms with Crippen LogP contribution < -0.4 is 15.4 Å². The summed E-state index contributed by atoms with van der Waals surface area (Å²) in [5.41, 5.74) is 1.92. The van der Waals surface area contributed by atoms with Crippen LogP contribution in [0.4, 0.5) is 5.69 Å². The first-order chi connectivity index (χ1) is 9.70. The van der Waals surface area contributed by atoms with E-state index in [0.29, 0.717) is 18.3 Å². The highest BCUT2D eigenvalue weighted by molar-refractivity contribution is 7.80. The van der Waals surface area contributed by atoms with E-state index in [1.54, 1.807) is 6.20 Å². The van der Waals surface area contributed by atoms with Gasteiger partial charge in [0, 0.05) is 13.2 Å². The van der Waals surface area contributed by atoms with E-state index < -0.39 is 0 Å². The third-order valence-corrected chi connectivity index (χ3v) is 3.03. The van der Waals surface area contributed by atoms with E-state index in [0.717, 1.165) is 17.1 Å². The lowest BCUT2D eigenvalue weighted by atomic mass is 10.3. The quantitative estimate of drug-likeness (QED) is 0.828. The van der Waals surface area contributed by atoms with Crippen molar-refractivity contribution in [3.63, 3.8) is 0 Å². The smallest absolute Gasteiger partial charge is 0.171 e. The molecule has 0 fully saturated rings. The molecule has 5 nitrogen and oxygen atoms in total. The van der Waals surface area contributed by atoms with Crippen LogP contribution >= 0.6 is 12.2 Å². The molecule has 0 bridgehead atoms. The summed E-state index contributed by atoms with van der Waals surface area (Å²) in [6, 6.07) is 9.67. The van der Waals surface area contributed by atoms with Crippen LogP contribution in [0.1, 0.15) is 12.6 Å². The molecule has 1 heterocycles. The fourth-order valence-corrected chi connectivity index (χ4v) is 1.95. The molecule has 0 aliphatic rings. The summed E-state index contributed by atoms with van der Waals surface area (Å²) in [7, 11) is 1.90. The van der Waals surface area contributed by atoms with E-state index in [1.165, 1.54) is 0 Å². The largest absolute Gasteiger partial charge is 0.492 e. The number of ether oxygens (including phenoxy) is 1. The van der Waals surface area contributed by atoms with Gasteiger partial charge in [-0.05, 0) is 37.3 Å². The lowest BCUT2D eigenvalue weighted by Crippen LogP contribution is -2.28. The van der Waals surface area contributed by atoms with Crippen molar-refractivity contribution in [2.75, 3.05) is 11.9 Å². The maximum atomic E-state index is 5.54. The molecule has 0 aliphatic carbocycles. The molecule has 0 atom stereocenters. The highest BCUT2D eigenvalue weighted by Gasteiger charge is 2.05. The SMILES string of the molecule is CCOc1ccccc1NC(=S)NCc1ccnn1C. The predicted molar refractivity (Wildman–Crippen MR) is 83.9 cm³/mol. The van der Waals surface area contributed by atoms with Crippen molar-refractivity contribution in [1.82, 2.24) is 15.1 Å².